The summed E-state index contributed by atoms with van der Waals surface area (Å²) in [4.78, 5) is 28.2. The SMILES string of the molecule is COc1cccc(CCC(=O)N2CC(F)(F)C[C@H]2Cn2cc(C(=O)N3CCCC3)nn2)c1. The Labute approximate surface area is 185 Å². The van der Waals surface area contributed by atoms with Crippen LogP contribution in [0.15, 0.2) is 30.5 Å². The molecule has 10 heteroatoms. The predicted molar refractivity (Wildman–Crippen MR) is 112 cm³/mol. The number of alkyl halides is 2. The molecular formula is C22H27F2N5O3. The number of carbonyl (C=O) groups is 2. The maximum Gasteiger partial charge on any atom is 0.276 e. The zero-order valence-corrected chi connectivity index (χ0v) is 18.0. The van der Waals surface area contributed by atoms with Gasteiger partial charge < -0.3 is 14.5 Å². The van der Waals surface area contributed by atoms with Crippen LogP contribution in [0.25, 0.3) is 0 Å². The van der Waals surface area contributed by atoms with E-state index in [1.807, 2.05) is 24.3 Å². The minimum absolute atomic E-state index is 0.0702. The number of aromatic nitrogens is 3. The van der Waals surface area contributed by atoms with Crippen molar-refractivity contribution in [2.75, 3.05) is 26.7 Å². The summed E-state index contributed by atoms with van der Waals surface area (Å²) >= 11 is 0. The number of amides is 2. The van der Waals surface area contributed by atoms with E-state index in [0.29, 0.717) is 25.3 Å². The molecular weight excluding hydrogens is 420 g/mol. The number of rotatable bonds is 7. The summed E-state index contributed by atoms with van der Waals surface area (Å²) in [6.07, 6.45) is 3.52. The number of nitrogens with zero attached hydrogens (tertiary/aromatic N) is 5. The van der Waals surface area contributed by atoms with Gasteiger partial charge in [-0.1, -0.05) is 17.3 Å². The van der Waals surface area contributed by atoms with Gasteiger partial charge in [-0.2, -0.15) is 0 Å². The van der Waals surface area contributed by atoms with Crippen LogP contribution in [0.5, 0.6) is 5.75 Å². The lowest BCUT2D eigenvalue weighted by atomic mass is 10.1. The zero-order chi connectivity index (χ0) is 22.7. The summed E-state index contributed by atoms with van der Waals surface area (Å²) in [6.45, 7) is 0.843. The van der Waals surface area contributed by atoms with E-state index in [9.17, 15) is 18.4 Å². The van der Waals surface area contributed by atoms with E-state index in [4.69, 9.17) is 4.74 Å². The monoisotopic (exact) mass is 447 g/mol. The Morgan fingerprint density at radius 2 is 2.03 bits per heavy atom. The summed E-state index contributed by atoms with van der Waals surface area (Å²) in [7, 11) is 1.56. The number of halogens is 2. The summed E-state index contributed by atoms with van der Waals surface area (Å²) in [5, 5.41) is 7.87. The number of aryl methyl sites for hydroxylation is 1. The van der Waals surface area contributed by atoms with E-state index in [1.54, 1.807) is 12.0 Å². The molecule has 2 aromatic rings. The number of hydrogen-bond donors (Lipinski definition) is 0. The Bertz CT molecular complexity index is 974. The van der Waals surface area contributed by atoms with Crippen LogP contribution >= 0.6 is 0 Å². The molecule has 172 valence electrons. The van der Waals surface area contributed by atoms with Crippen LogP contribution in [-0.2, 0) is 17.8 Å². The standard InChI is InChI=1S/C22H27F2N5O3/c1-32-18-6-4-5-16(11-18)7-8-20(30)29-15-22(23,24)12-17(29)13-28-14-19(25-26-28)21(31)27-9-2-3-10-27/h4-6,11,14,17H,2-3,7-10,12-13,15H2,1H3/t17-/m0/s1. The smallest absolute Gasteiger partial charge is 0.276 e. The molecule has 2 saturated heterocycles. The first-order valence-corrected chi connectivity index (χ1v) is 10.8. The van der Waals surface area contributed by atoms with Crippen molar-refractivity contribution in [1.29, 1.82) is 0 Å². The summed E-state index contributed by atoms with van der Waals surface area (Å²) < 4.78 is 35.0. The molecule has 1 atom stereocenters. The number of carbonyl (C=O) groups excluding carboxylic acids is 2. The maximum atomic E-state index is 14.2. The molecule has 0 N–H and O–H groups in total. The summed E-state index contributed by atoms with van der Waals surface area (Å²) in [5.74, 6) is -2.79. The van der Waals surface area contributed by atoms with E-state index >= 15 is 0 Å². The van der Waals surface area contributed by atoms with Crippen LogP contribution in [0.2, 0.25) is 0 Å². The average Bonchev–Trinajstić information content (AvgIpc) is 3.52. The Balaban J connectivity index is 1.39. The molecule has 1 aromatic carbocycles. The molecule has 32 heavy (non-hydrogen) atoms. The van der Waals surface area contributed by atoms with Gasteiger partial charge in [0, 0.05) is 25.9 Å². The maximum absolute atomic E-state index is 14.2. The van der Waals surface area contributed by atoms with Crippen molar-refractivity contribution in [3.05, 3.63) is 41.7 Å². The lowest BCUT2D eigenvalue weighted by molar-refractivity contribution is -0.133. The third-order valence-electron chi connectivity index (χ3n) is 6.01. The Kier molecular flexibility index (Phi) is 6.38. The Morgan fingerprint density at radius 1 is 1.25 bits per heavy atom. The van der Waals surface area contributed by atoms with Crippen LogP contribution < -0.4 is 4.74 Å². The second-order valence-corrected chi connectivity index (χ2v) is 8.41. The van der Waals surface area contributed by atoms with Crippen molar-refractivity contribution in [1.82, 2.24) is 24.8 Å². The van der Waals surface area contributed by atoms with Crippen LogP contribution in [0.1, 0.15) is 41.7 Å². The third kappa shape index (κ3) is 5.05. The first-order chi connectivity index (χ1) is 15.3. The highest BCUT2D eigenvalue weighted by atomic mass is 19.3. The average molecular weight is 447 g/mol. The van der Waals surface area contributed by atoms with Gasteiger partial charge in [0.2, 0.25) is 5.91 Å². The number of methoxy groups -OCH3 is 1. The van der Waals surface area contributed by atoms with E-state index in [2.05, 4.69) is 10.3 Å². The predicted octanol–water partition coefficient (Wildman–Crippen LogP) is 2.39. The Hall–Kier alpha value is -3.04. The van der Waals surface area contributed by atoms with Gasteiger partial charge in [0.15, 0.2) is 5.69 Å². The third-order valence-corrected chi connectivity index (χ3v) is 6.01. The normalized spacial score (nSPS) is 20.0. The fraction of sp³-hybridized carbons (Fsp3) is 0.545. The first kappa shape index (κ1) is 22.2. The number of ether oxygens (including phenoxy) is 1. The van der Waals surface area contributed by atoms with Gasteiger partial charge in [-0.15, -0.1) is 5.10 Å². The molecule has 0 spiro atoms. The second-order valence-electron chi connectivity index (χ2n) is 8.41. The number of hydrogen-bond acceptors (Lipinski definition) is 5. The Morgan fingerprint density at radius 3 is 2.78 bits per heavy atom. The summed E-state index contributed by atoms with van der Waals surface area (Å²) in [5.41, 5.74) is 1.11. The van der Waals surface area contributed by atoms with E-state index in [-0.39, 0.29) is 30.5 Å². The van der Waals surface area contributed by atoms with Crippen molar-refractivity contribution in [3.8, 4) is 5.75 Å². The minimum Gasteiger partial charge on any atom is -0.497 e. The van der Waals surface area contributed by atoms with Crippen LogP contribution in [-0.4, -0.2) is 75.3 Å². The molecule has 0 bridgehead atoms. The van der Waals surface area contributed by atoms with Crippen molar-refractivity contribution < 1.29 is 23.1 Å². The molecule has 4 rings (SSSR count). The van der Waals surface area contributed by atoms with E-state index in [0.717, 1.165) is 18.4 Å². The van der Waals surface area contributed by atoms with Gasteiger partial charge in [0.05, 0.1) is 32.4 Å². The van der Waals surface area contributed by atoms with Crippen molar-refractivity contribution in [2.24, 2.45) is 0 Å². The van der Waals surface area contributed by atoms with Crippen LogP contribution in [0, 0.1) is 0 Å². The fourth-order valence-electron chi connectivity index (χ4n) is 4.36. The number of likely N-dealkylation sites (tertiary alicyclic amines) is 2. The minimum atomic E-state index is -2.95. The topological polar surface area (TPSA) is 80.6 Å². The molecule has 0 unspecified atom stereocenters. The lowest BCUT2D eigenvalue weighted by Gasteiger charge is -2.23. The largest absolute Gasteiger partial charge is 0.497 e. The summed E-state index contributed by atoms with van der Waals surface area (Å²) in [6, 6.07) is 6.64. The highest BCUT2D eigenvalue weighted by Gasteiger charge is 2.47. The van der Waals surface area contributed by atoms with Crippen molar-refractivity contribution in [2.45, 2.75) is 50.6 Å². The molecule has 8 nitrogen and oxygen atoms in total. The molecule has 2 aliphatic rings. The molecule has 0 aliphatic carbocycles. The molecule has 0 saturated carbocycles. The van der Waals surface area contributed by atoms with Gasteiger partial charge in [-0.25, -0.2) is 13.5 Å². The highest BCUT2D eigenvalue weighted by molar-refractivity contribution is 5.92. The van der Waals surface area contributed by atoms with E-state index < -0.39 is 24.9 Å². The number of benzene rings is 1. The van der Waals surface area contributed by atoms with Gasteiger partial charge in [0.1, 0.15) is 5.75 Å². The zero-order valence-electron chi connectivity index (χ0n) is 18.0. The van der Waals surface area contributed by atoms with Crippen LogP contribution in [0.3, 0.4) is 0 Å². The molecule has 0 radical (unpaired) electrons. The van der Waals surface area contributed by atoms with Crippen molar-refractivity contribution in [3.63, 3.8) is 0 Å². The molecule has 1 aromatic heterocycles. The lowest BCUT2D eigenvalue weighted by Crippen LogP contribution is -2.39. The van der Waals surface area contributed by atoms with Gasteiger partial charge in [-0.05, 0) is 37.0 Å². The van der Waals surface area contributed by atoms with Gasteiger partial charge in [-0.3, -0.25) is 9.59 Å². The molecule has 3 heterocycles. The molecule has 2 amide bonds. The van der Waals surface area contributed by atoms with Gasteiger partial charge >= 0.3 is 0 Å². The van der Waals surface area contributed by atoms with Gasteiger partial charge in [0.25, 0.3) is 11.8 Å². The second kappa shape index (κ2) is 9.22. The molecule has 2 aliphatic heterocycles. The van der Waals surface area contributed by atoms with E-state index in [1.165, 1.54) is 15.8 Å². The van der Waals surface area contributed by atoms with Crippen LogP contribution in [0.4, 0.5) is 8.78 Å². The highest BCUT2D eigenvalue weighted by Crippen LogP contribution is 2.33. The quantitative estimate of drug-likeness (QED) is 0.651. The fourth-order valence-corrected chi connectivity index (χ4v) is 4.36. The molecule has 2 fully saturated rings. The van der Waals surface area contributed by atoms with Crippen molar-refractivity contribution >= 4 is 11.8 Å². The first-order valence-electron chi connectivity index (χ1n) is 10.8.